The standard InChI is InChI=1S/C13H15N3O/c14-13-11(7-15-16-13)12(17)10-6-9(10)8-4-2-1-3-5-8/h1-5,7,9-10,12,17H,6H2,(H3,14,15,16). The van der Waals surface area contributed by atoms with Crippen LogP contribution >= 0.6 is 0 Å². The van der Waals surface area contributed by atoms with Gasteiger partial charge in [0.1, 0.15) is 5.82 Å². The zero-order valence-corrected chi connectivity index (χ0v) is 9.38. The average molecular weight is 229 g/mol. The van der Waals surface area contributed by atoms with Crippen molar-refractivity contribution < 1.29 is 5.11 Å². The second-order valence-electron chi connectivity index (χ2n) is 4.60. The number of nitrogens with two attached hydrogens (primary N) is 1. The number of aliphatic hydroxyl groups excluding tert-OH is 1. The molecule has 1 saturated carbocycles. The van der Waals surface area contributed by atoms with Crippen molar-refractivity contribution in [3.05, 3.63) is 47.7 Å². The maximum atomic E-state index is 10.2. The summed E-state index contributed by atoms with van der Waals surface area (Å²) in [5.41, 5.74) is 7.72. The fourth-order valence-corrected chi connectivity index (χ4v) is 2.42. The van der Waals surface area contributed by atoms with E-state index in [1.54, 1.807) is 6.20 Å². The summed E-state index contributed by atoms with van der Waals surface area (Å²) in [6.45, 7) is 0. The summed E-state index contributed by atoms with van der Waals surface area (Å²) >= 11 is 0. The van der Waals surface area contributed by atoms with Crippen molar-refractivity contribution in [2.75, 3.05) is 5.73 Å². The lowest BCUT2D eigenvalue weighted by molar-refractivity contribution is 0.152. The molecule has 1 aliphatic carbocycles. The van der Waals surface area contributed by atoms with Crippen molar-refractivity contribution in [1.82, 2.24) is 10.2 Å². The molecule has 3 rings (SSSR count). The molecule has 1 aromatic heterocycles. The number of aliphatic hydroxyl groups is 1. The number of benzene rings is 1. The Kier molecular flexibility index (Phi) is 2.37. The van der Waals surface area contributed by atoms with E-state index in [4.69, 9.17) is 5.73 Å². The van der Waals surface area contributed by atoms with Gasteiger partial charge in [-0.1, -0.05) is 30.3 Å². The van der Waals surface area contributed by atoms with Crippen LogP contribution in [0.5, 0.6) is 0 Å². The molecule has 2 aromatic rings. The van der Waals surface area contributed by atoms with Crippen LogP contribution in [-0.2, 0) is 0 Å². The SMILES string of the molecule is Nc1[nH]ncc1C(O)C1CC1c1ccccc1. The third-order valence-corrected chi connectivity index (χ3v) is 3.49. The first-order valence-electron chi connectivity index (χ1n) is 5.79. The van der Waals surface area contributed by atoms with Gasteiger partial charge in [0.25, 0.3) is 0 Å². The Balaban J connectivity index is 1.75. The molecule has 0 bridgehead atoms. The monoisotopic (exact) mass is 229 g/mol. The normalized spacial score (nSPS) is 24.5. The highest BCUT2D eigenvalue weighted by molar-refractivity contribution is 5.40. The highest BCUT2D eigenvalue weighted by atomic mass is 16.3. The lowest BCUT2D eigenvalue weighted by Crippen LogP contribution is -2.03. The average Bonchev–Trinajstić information content (AvgIpc) is 3.05. The summed E-state index contributed by atoms with van der Waals surface area (Å²) in [6.07, 6.45) is 2.11. The van der Waals surface area contributed by atoms with Crippen molar-refractivity contribution in [2.45, 2.75) is 18.4 Å². The summed E-state index contributed by atoms with van der Waals surface area (Å²) in [5.74, 6) is 1.18. The number of anilines is 1. The van der Waals surface area contributed by atoms with Gasteiger partial charge in [-0.25, -0.2) is 0 Å². The van der Waals surface area contributed by atoms with Crippen LogP contribution in [0.25, 0.3) is 0 Å². The van der Waals surface area contributed by atoms with Crippen molar-refractivity contribution >= 4 is 5.82 Å². The first-order valence-corrected chi connectivity index (χ1v) is 5.79. The molecule has 1 aliphatic rings. The van der Waals surface area contributed by atoms with Crippen LogP contribution in [0, 0.1) is 5.92 Å². The second-order valence-corrected chi connectivity index (χ2v) is 4.60. The van der Waals surface area contributed by atoms with E-state index >= 15 is 0 Å². The Morgan fingerprint density at radius 3 is 2.76 bits per heavy atom. The van der Waals surface area contributed by atoms with Gasteiger partial charge in [0.15, 0.2) is 0 Å². The third-order valence-electron chi connectivity index (χ3n) is 3.49. The molecule has 4 N–H and O–H groups in total. The van der Waals surface area contributed by atoms with Crippen LogP contribution in [0.4, 0.5) is 5.82 Å². The molecule has 0 radical (unpaired) electrons. The summed E-state index contributed by atoms with van der Waals surface area (Å²) < 4.78 is 0. The first-order chi connectivity index (χ1) is 8.27. The second kappa shape index (κ2) is 3.89. The molecule has 3 atom stereocenters. The minimum atomic E-state index is -0.515. The van der Waals surface area contributed by atoms with Gasteiger partial charge in [-0.05, 0) is 23.8 Å². The molecule has 0 saturated heterocycles. The molecule has 4 heteroatoms. The number of H-pyrrole nitrogens is 1. The van der Waals surface area contributed by atoms with E-state index in [2.05, 4.69) is 22.3 Å². The Morgan fingerprint density at radius 2 is 2.12 bits per heavy atom. The minimum absolute atomic E-state index is 0.261. The topological polar surface area (TPSA) is 74.9 Å². The Labute approximate surface area is 99.5 Å². The number of nitrogen functional groups attached to an aromatic ring is 1. The molecular weight excluding hydrogens is 214 g/mol. The highest BCUT2D eigenvalue weighted by Gasteiger charge is 2.44. The lowest BCUT2D eigenvalue weighted by atomic mass is 10.0. The highest BCUT2D eigenvalue weighted by Crippen LogP contribution is 2.54. The minimum Gasteiger partial charge on any atom is -0.388 e. The van der Waals surface area contributed by atoms with Gasteiger partial charge in [0.2, 0.25) is 0 Å². The van der Waals surface area contributed by atoms with Crippen LogP contribution < -0.4 is 5.73 Å². The van der Waals surface area contributed by atoms with Gasteiger partial charge in [-0.15, -0.1) is 0 Å². The number of nitrogens with one attached hydrogen (secondary N) is 1. The van der Waals surface area contributed by atoms with E-state index in [-0.39, 0.29) is 5.92 Å². The lowest BCUT2D eigenvalue weighted by Gasteiger charge is -2.09. The van der Waals surface area contributed by atoms with Gasteiger partial charge in [-0.3, -0.25) is 5.10 Å². The first kappa shape index (κ1) is 10.4. The van der Waals surface area contributed by atoms with Gasteiger partial charge < -0.3 is 10.8 Å². The van der Waals surface area contributed by atoms with Crippen LogP contribution in [0.15, 0.2) is 36.5 Å². The molecule has 0 spiro atoms. The molecular formula is C13H15N3O. The van der Waals surface area contributed by atoms with E-state index < -0.39 is 6.10 Å². The Morgan fingerprint density at radius 1 is 1.35 bits per heavy atom. The van der Waals surface area contributed by atoms with E-state index in [1.807, 2.05) is 18.2 Å². The van der Waals surface area contributed by atoms with Crippen molar-refractivity contribution in [2.24, 2.45) is 5.92 Å². The number of hydrogen-bond donors (Lipinski definition) is 3. The number of rotatable bonds is 3. The summed E-state index contributed by atoms with van der Waals surface area (Å²) in [5, 5.41) is 16.7. The Bertz CT molecular complexity index is 508. The van der Waals surface area contributed by atoms with E-state index in [0.717, 1.165) is 6.42 Å². The van der Waals surface area contributed by atoms with Gasteiger partial charge in [0, 0.05) is 5.56 Å². The van der Waals surface area contributed by atoms with Gasteiger partial charge in [-0.2, -0.15) is 5.10 Å². The maximum Gasteiger partial charge on any atom is 0.124 e. The molecule has 3 unspecified atom stereocenters. The zero-order valence-electron chi connectivity index (χ0n) is 9.38. The number of aromatic nitrogens is 2. The molecule has 17 heavy (non-hydrogen) atoms. The van der Waals surface area contributed by atoms with Crippen LogP contribution in [0.3, 0.4) is 0 Å². The predicted molar refractivity (Wildman–Crippen MR) is 65.2 cm³/mol. The molecule has 1 fully saturated rings. The third kappa shape index (κ3) is 1.80. The predicted octanol–water partition coefficient (Wildman–Crippen LogP) is 1.83. The van der Waals surface area contributed by atoms with Crippen LogP contribution in [-0.4, -0.2) is 15.3 Å². The van der Waals surface area contributed by atoms with Crippen LogP contribution in [0.2, 0.25) is 0 Å². The maximum absolute atomic E-state index is 10.2. The van der Waals surface area contributed by atoms with Crippen molar-refractivity contribution in [1.29, 1.82) is 0 Å². The molecule has 1 aromatic carbocycles. The van der Waals surface area contributed by atoms with Crippen molar-refractivity contribution in [3.63, 3.8) is 0 Å². The van der Waals surface area contributed by atoms with E-state index in [0.29, 0.717) is 17.3 Å². The molecule has 0 amide bonds. The van der Waals surface area contributed by atoms with Crippen LogP contribution in [0.1, 0.15) is 29.6 Å². The fourth-order valence-electron chi connectivity index (χ4n) is 2.42. The van der Waals surface area contributed by atoms with Crippen molar-refractivity contribution in [3.8, 4) is 0 Å². The molecule has 88 valence electrons. The number of aromatic amines is 1. The largest absolute Gasteiger partial charge is 0.388 e. The number of nitrogens with zero attached hydrogens (tertiary/aromatic N) is 1. The van der Waals surface area contributed by atoms with Gasteiger partial charge >= 0.3 is 0 Å². The fraction of sp³-hybridized carbons (Fsp3) is 0.308. The number of hydrogen-bond acceptors (Lipinski definition) is 3. The van der Waals surface area contributed by atoms with E-state index in [1.165, 1.54) is 5.56 Å². The quantitative estimate of drug-likeness (QED) is 0.751. The summed E-state index contributed by atoms with van der Waals surface area (Å²) in [4.78, 5) is 0. The molecule has 1 heterocycles. The molecule has 0 aliphatic heterocycles. The smallest absolute Gasteiger partial charge is 0.124 e. The Hall–Kier alpha value is -1.81. The summed E-state index contributed by atoms with van der Waals surface area (Å²) in [7, 11) is 0. The molecule has 4 nitrogen and oxygen atoms in total. The van der Waals surface area contributed by atoms with E-state index in [9.17, 15) is 5.11 Å². The van der Waals surface area contributed by atoms with Gasteiger partial charge in [0.05, 0.1) is 12.3 Å². The summed E-state index contributed by atoms with van der Waals surface area (Å²) in [6, 6.07) is 10.3. The zero-order chi connectivity index (χ0) is 11.8.